The van der Waals surface area contributed by atoms with Crippen molar-refractivity contribution in [2.24, 2.45) is 0 Å². The topological polar surface area (TPSA) is 72.0 Å². The summed E-state index contributed by atoms with van der Waals surface area (Å²) in [6.07, 6.45) is -3.06. The Morgan fingerprint density at radius 2 is 1.90 bits per heavy atom. The van der Waals surface area contributed by atoms with Crippen molar-refractivity contribution in [1.82, 2.24) is 9.97 Å². The minimum Gasteiger partial charge on any atom is -0.384 e. The van der Waals surface area contributed by atoms with Crippen molar-refractivity contribution in [1.29, 1.82) is 0 Å². The van der Waals surface area contributed by atoms with Crippen LogP contribution in [0.3, 0.4) is 0 Å². The van der Waals surface area contributed by atoms with E-state index in [1.54, 1.807) is 18.2 Å². The van der Waals surface area contributed by atoms with E-state index in [0.29, 0.717) is 34.2 Å². The molecule has 1 atom stereocenters. The molecule has 3 heterocycles. The van der Waals surface area contributed by atoms with E-state index in [-0.39, 0.29) is 5.56 Å². The van der Waals surface area contributed by atoms with Gasteiger partial charge in [0.1, 0.15) is 5.82 Å². The van der Waals surface area contributed by atoms with Crippen LogP contribution in [0, 0.1) is 0 Å². The van der Waals surface area contributed by atoms with Crippen LogP contribution in [0.1, 0.15) is 23.1 Å². The average Bonchev–Trinajstić information content (AvgIpc) is 3.12. The monoisotopic (exact) mass is 463 g/mol. The summed E-state index contributed by atoms with van der Waals surface area (Å²) in [5.41, 5.74) is 4.19. The molecule has 0 radical (unpaired) electrons. The maximum absolute atomic E-state index is 13.3. The summed E-state index contributed by atoms with van der Waals surface area (Å²) in [6, 6.07) is 13.3. The molecule has 31 heavy (non-hydrogen) atoms. The Bertz CT molecular complexity index is 1270. The zero-order chi connectivity index (χ0) is 22.4. The van der Waals surface area contributed by atoms with E-state index in [2.05, 4.69) is 9.97 Å². The number of nitrogen functional groups attached to an aromatic ring is 1. The van der Waals surface area contributed by atoms with Crippen LogP contribution >= 0.6 is 22.9 Å². The molecule has 9 heteroatoms. The number of alkyl halides is 3. The van der Waals surface area contributed by atoms with Gasteiger partial charge in [0.05, 0.1) is 16.4 Å². The lowest BCUT2D eigenvalue weighted by Gasteiger charge is -2.26. The number of thiophene rings is 1. The number of aromatic nitrogens is 2. The first-order valence-corrected chi connectivity index (χ1v) is 10.4. The van der Waals surface area contributed by atoms with Crippen molar-refractivity contribution >= 4 is 38.8 Å². The SMILES string of the molecule is C[C@@](O)(c1ccnc(-c2cccc3cc(Cc4nc(N)ccc4Cl)sc23)c1)C(F)(F)F. The van der Waals surface area contributed by atoms with Gasteiger partial charge in [-0.05, 0) is 48.2 Å². The molecule has 4 nitrogen and oxygen atoms in total. The van der Waals surface area contributed by atoms with Crippen LogP contribution in [0.5, 0.6) is 0 Å². The third-order valence-corrected chi connectivity index (χ3v) is 6.56. The number of fused-ring (bicyclic) bond motifs is 1. The van der Waals surface area contributed by atoms with E-state index < -0.39 is 11.8 Å². The van der Waals surface area contributed by atoms with E-state index in [9.17, 15) is 18.3 Å². The number of hydrogen-bond acceptors (Lipinski definition) is 5. The molecule has 0 fully saturated rings. The van der Waals surface area contributed by atoms with Gasteiger partial charge in [-0.25, -0.2) is 4.98 Å². The number of rotatable bonds is 4. The van der Waals surface area contributed by atoms with Crippen LogP contribution in [0.25, 0.3) is 21.3 Å². The number of nitrogens with zero attached hydrogens (tertiary/aromatic N) is 2. The van der Waals surface area contributed by atoms with Crippen LogP contribution in [-0.4, -0.2) is 21.3 Å². The highest BCUT2D eigenvalue weighted by atomic mass is 35.5. The molecule has 0 aliphatic rings. The van der Waals surface area contributed by atoms with Gasteiger partial charge in [0.25, 0.3) is 0 Å². The van der Waals surface area contributed by atoms with Crippen molar-refractivity contribution in [2.75, 3.05) is 5.73 Å². The lowest BCUT2D eigenvalue weighted by Crippen LogP contribution is -2.39. The van der Waals surface area contributed by atoms with Crippen LogP contribution in [0.15, 0.2) is 54.7 Å². The van der Waals surface area contributed by atoms with E-state index >= 15 is 0 Å². The summed E-state index contributed by atoms with van der Waals surface area (Å²) in [7, 11) is 0. The second kappa shape index (κ2) is 7.78. The standard InChI is InChI=1S/C22H17ClF3N3OS/c1-21(30,22(24,25)26)13-7-8-28-17(10-13)15-4-2-3-12-9-14(31-20(12)15)11-18-16(23)5-6-19(27)29-18/h2-10,30H,11H2,1H3,(H2,27,29)/t21-/m1/s1. The molecule has 4 rings (SSSR count). The second-order valence-electron chi connectivity index (χ2n) is 7.28. The molecule has 4 aromatic rings. The minimum absolute atomic E-state index is 0.269. The third kappa shape index (κ3) is 4.11. The molecule has 3 aromatic heterocycles. The summed E-state index contributed by atoms with van der Waals surface area (Å²) in [5, 5.41) is 11.5. The van der Waals surface area contributed by atoms with Crippen molar-refractivity contribution in [3.8, 4) is 11.3 Å². The molecule has 160 valence electrons. The highest BCUT2D eigenvalue weighted by Gasteiger charge is 2.51. The fraction of sp³-hybridized carbons (Fsp3) is 0.182. The van der Waals surface area contributed by atoms with Crippen LogP contribution in [-0.2, 0) is 12.0 Å². The number of halogens is 4. The minimum atomic E-state index is -4.81. The van der Waals surface area contributed by atoms with Gasteiger partial charge >= 0.3 is 6.18 Å². The first-order valence-electron chi connectivity index (χ1n) is 9.24. The van der Waals surface area contributed by atoms with Gasteiger partial charge in [-0.1, -0.05) is 29.8 Å². The predicted octanol–water partition coefficient (Wildman–Crippen LogP) is 5.95. The van der Waals surface area contributed by atoms with Gasteiger partial charge in [-0.15, -0.1) is 11.3 Å². The van der Waals surface area contributed by atoms with Crippen molar-refractivity contribution in [3.05, 3.63) is 75.9 Å². The number of aliphatic hydroxyl groups is 1. The van der Waals surface area contributed by atoms with E-state index in [0.717, 1.165) is 21.9 Å². The van der Waals surface area contributed by atoms with E-state index in [1.807, 2.05) is 18.2 Å². The van der Waals surface area contributed by atoms with Gasteiger partial charge in [0.2, 0.25) is 0 Å². The Morgan fingerprint density at radius 3 is 2.65 bits per heavy atom. The van der Waals surface area contributed by atoms with Crippen molar-refractivity contribution in [2.45, 2.75) is 25.1 Å². The average molecular weight is 464 g/mol. The Balaban J connectivity index is 1.76. The summed E-state index contributed by atoms with van der Waals surface area (Å²) < 4.78 is 40.7. The maximum Gasteiger partial charge on any atom is 0.421 e. The number of nitrogens with two attached hydrogens (primary N) is 1. The first-order chi connectivity index (χ1) is 14.6. The lowest BCUT2D eigenvalue weighted by molar-refractivity contribution is -0.258. The summed E-state index contributed by atoms with van der Waals surface area (Å²) in [6.45, 7) is 0.734. The number of pyridine rings is 2. The molecule has 0 unspecified atom stereocenters. The van der Waals surface area contributed by atoms with Gasteiger partial charge in [-0.2, -0.15) is 13.2 Å². The zero-order valence-corrected chi connectivity index (χ0v) is 17.8. The Hall–Kier alpha value is -2.68. The molecule has 0 saturated carbocycles. The molecular weight excluding hydrogens is 447 g/mol. The first kappa shape index (κ1) is 21.5. The fourth-order valence-corrected chi connectivity index (χ4v) is 4.60. The maximum atomic E-state index is 13.3. The summed E-state index contributed by atoms with van der Waals surface area (Å²) in [5.74, 6) is 0.374. The van der Waals surface area contributed by atoms with Gasteiger partial charge < -0.3 is 10.8 Å². The second-order valence-corrected chi connectivity index (χ2v) is 8.82. The van der Waals surface area contributed by atoms with Gasteiger partial charge in [0, 0.05) is 27.8 Å². The zero-order valence-electron chi connectivity index (χ0n) is 16.2. The Kier molecular flexibility index (Phi) is 5.41. The molecule has 0 aliphatic heterocycles. The molecule has 0 amide bonds. The highest BCUT2D eigenvalue weighted by Crippen LogP contribution is 2.41. The number of anilines is 1. The molecule has 0 spiro atoms. The Labute approximate surface area is 185 Å². The Morgan fingerprint density at radius 1 is 1.13 bits per heavy atom. The molecule has 1 aromatic carbocycles. The number of benzene rings is 1. The van der Waals surface area contributed by atoms with Crippen LogP contribution < -0.4 is 5.73 Å². The molecule has 3 N–H and O–H groups in total. The summed E-state index contributed by atoms with van der Waals surface area (Å²) in [4.78, 5) is 9.51. The molecule has 0 aliphatic carbocycles. The van der Waals surface area contributed by atoms with Crippen LogP contribution in [0.4, 0.5) is 19.0 Å². The van der Waals surface area contributed by atoms with Crippen molar-refractivity contribution < 1.29 is 18.3 Å². The lowest BCUT2D eigenvalue weighted by atomic mass is 9.94. The molecule has 0 bridgehead atoms. The summed E-state index contributed by atoms with van der Waals surface area (Å²) >= 11 is 7.71. The highest BCUT2D eigenvalue weighted by molar-refractivity contribution is 7.19. The quantitative estimate of drug-likeness (QED) is 0.392. The van der Waals surface area contributed by atoms with Crippen LogP contribution in [0.2, 0.25) is 5.02 Å². The smallest absolute Gasteiger partial charge is 0.384 e. The third-order valence-electron chi connectivity index (χ3n) is 5.03. The normalized spacial score (nSPS) is 14.0. The predicted molar refractivity (Wildman–Crippen MR) is 117 cm³/mol. The largest absolute Gasteiger partial charge is 0.421 e. The van der Waals surface area contributed by atoms with Gasteiger partial charge in [0.15, 0.2) is 5.60 Å². The fourth-order valence-electron chi connectivity index (χ4n) is 3.24. The van der Waals surface area contributed by atoms with E-state index in [4.69, 9.17) is 17.3 Å². The molecule has 0 saturated heterocycles. The molecular formula is C22H17ClF3N3OS. The van der Waals surface area contributed by atoms with Crippen molar-refractivity contribution in [3.63, 3.8) is 0 Å². The van der Waals surface area contributed by atoms with Gasteiger partial charge in [-0.3, -0.25) is 4.98 Å². The van der Waals surface area contributed by atoms with E-state index in [1.165, 1.54) is 29.7 Å². The number of hydrogen-bond donors (Lipinski definition) is 2.